The number of hydrogen-bond donors (Lipinski definition) is 1. The molecule has 1 atom stereocenters. The molecule has 0 heterocycles. The number of benzene rings is 2. The molecular formula is C21H25NO5. The molecule has 6 nitrogen and oxygen atoms in total. The molecule has 0 aliphatic carbocycles. The molecule has 6 heteroatoms. The van der Waals surface area contributed by atoms with Gasteiger partial charge in [0.15, 0.2) is 6.10 Å². The van der Waals surface area contributed by atoms with E-state index in [0.29, 0.717) is 22.7 Å². The van der Waals surface area contributed by atoms with Gasteiger partial charge in [-0.15, -0.1) is 0 Å². The monoisotopic (exact) mass is 371 g/mol. The second kappa shape index (κ2) is 9.62. The second-order valence-electron chi connectivity index (χ2n) is 6.03. The lowest BCUT2D eigenvalue weighted by Gasteiger charge is -2.15. The van der Waals surface area contributed by atoms with Crippen molar-refractivity contribution in [2.24, 2.45) is 0 Å². The zero-order valence-corrected chi connectivity index (χ0v) is 16.1. The second-order valence-corrected chi connectivity index (χ2v) is 6.03. The average Bonchev–Trinajstić information content (AvgIpc) is 2.68. The normalized spacial score (nSPS) is 11.4. The van der Waals surface area contributed by atoms with Gasteiger partial charge in [0, 0.05) is 17.3 Å². The lowest BCUT2D eigenvalue weighted by Crippen LogP contribution is -2.30. The maximum Gasteiger partial charge on any atom is 0.311 e. The minimum atomic E-state index is -0.910. The third-order valence-electron chi connectivity index (χ3n) is 4.14. The van der Waals surface area contributed by atoms with Crippen LogP contribution in [0.25, 0.3) is 0 Å². The summed E-state index contributed by atoms with van der Waals surface area (Å²) in [4.78, 5) is 24.4. The molecule has 0 bridgehead atoms. The van der Waals surface area contributed by atoms with Gasteiger partial charge < -0.3 is 19.5 Å². The summed E-state index contributed by atoms with van der Waals surface area (Å²) in [5, 5.41) is 2.74. The Bertz CT molecular complexity index is 786. The zero-order chi connectivity index (χ0) is 19.8. The fourth-order valence-corrected chi connectivity index (χ4v) is 2.51. The van der Waals surface area contributed by atoms with Gasteiger partial charge >= 0.3 is 5.97 Å². The highest BCUT2D eigenvalue weighted by molar-refractivity contribution is 5.95. The number of amides is 1. The van der Waals surface area contributed by atoms with Crippen molar-refractivity contribution in [1.82, 2.24) is 0 Å². The van der Waals surface area contributed by atoms with Crippen molar-refractivity contribution >= 4 is 17.6 Å². The van der Waals surface area contributed by atoms with Crippen LogP contribution in [0.1, 0.15) is 25.0 Å². The van der Waals surface area contributed by atoms with Crippen LogP contribution in [0, 0.1) is 0 Å². The molecule has 0 saturated carbocycles. The van der Waals surface area contributed by atoms with Crippen molar-refractivity contribution in [2.45, 2.75) is 32.8 Å². The summed E-state index contributed by atoms with van der Waals surface area (Å²) in [5.74, 6) is 0.266. The van der Waals surface area contributed by atoms with Crippen molar-refractivity contribution in [3.63, 3.8) is 0 Å². The molecule has 0 saturated heterocycles. The van der Waals surface area contributed by atoms with Gasteiger partial charge in [0.25, 0.3) is 5.91 Å². The third-order valence-corrected chi connectivity index (χ3v) is 4.14. The van der Waals surface area contributed by atoms with E-state index in [1.54, 1.807) is 32.2 Å². The van der Waals surface area contributed by atoms with Crippen molar-refractivity contribution in [1.29, 1.82) is 0 Å². The van der Waals surface area contributed by atoms with Crippen LogP contribution in [0.2, 0.25) is 0 Å². The van der Waals surface area contributed by atoms with E-state index in [1.807, 2.05) is 24.3 Å². The van der Waals surface area contributed by atoms with Gasteiger partial charge in [0.05, 0.1) is 20.6 Å². The quantitative estimate of drug-likeness (QED) is 0.720. The van der Waals surface area contributed by atoms with Crippen LogP contribution in [-0.4, -0.2) is 32.2 Å². The fourth-order valence-electron chi connectivity index (χ4n) is 2.51. The predicted octanol–water partition coefficient (Wildman–Crippen LogP) is 3.38. The van der Waals surface area contributed by atoms with E-state index in [-0.39, 0.29) is 12.3 Å². The maximum absolute atomic E-state index is 12.2. The van der Waals surface area contributed by atoms with Crippen LogP contribution in [0.5, 0.6) is 11.5 Å². The number of hydrogen-bond acceptors (Lipinski definition) is 5. The number of aryl methyl sites for hydroxylation is 1. The molecule has 1 N–H and O–H groups in total. The highest BCUT2D eigenvalue weighted by Gasteiger charge is 2.19. The first-order valence-electron chi connectivity index (χ1n) is 8.77. The molecule has 1 amide bonds. The Morgan fingerprint density at radius 1 is 1.04 bits per heavy atom. The zero-order valence-electron chi connectivity index (χ0n) is 16.1. The van der Waals surface area contributed by atoms with E-state index in [2.05, 4.69) is 12.2 Å². The molecule has 2 aromatic rings. The Kier molecular flexibility index (Phi) is 7.23. The van der Waals surface area contributed by atoms with Crippen molar-refractivity contribution < 1.29 is 23.8 Å². The minimum Gasteiger partial charge on any atom is -0.497 e. The first-order chi connectivity index (χ1) is 13.0. The van der Waals surface area contributed by atoms with Crippen molar-refractivity contribution in [3.8, 4) is 11.5 Å². The molecule has 0 aromatic heterocycles. The Balaban J connectivity index is 1.93. The molecule has 0 spiro atoms. The first-order valence-corrected chi connectivity index (χ1v) is 8.77. The summed E-state index contributed by atoms with van der Waals surface area (Å²) in [6.07, 6.45) is 0.0140. The lowest BCUT2D eigenvalue weighted by molar-refractivity contribution is -0.152. The molecule has 0 fully saturated rings. The van der Waals surface area contributed by atoms with Crippen LogP contribution >= 0.6 is 0 Å². The predicted molar refractivity (Wildman–Crippen MR) is 103 cm³/mol. The van der Waals surface area contributed by atoms with E-state index < -0.39 is 12.1 Å². The smallest absolute Gasteiger partial charge is 0.311 e. The number of methoxy groups -OCH3 is 2. The molecular weight excluding hydrogens is 346 g/mol. The molecule has 0 radical (unpaired) electrons. The largest absolute Gasteiger partial charge is 0.497 e. The summed E-state index contributed by atoms with van der Waals surface area (Å²) in [6, 6.07) is 12.7. The Labute approximate surface area is 159 Å². The van der Waals surface area contributed by atoms with E-state index in [0.717, 1.165) is 6.42 Å². The van der Waals surface area contributed by atoms with Crippen LogP contribution < -0.4 is 14.8 Å². The van der Waals surface area contributed by atoms with Gasteiger partial charge in [-0.1, -0.05) is 25.1 Å². The highest BCUT2D eigenvalue weighted by Crippen LogP contribution is 2.25. The standard InChI is InChI=1S/C21H25NO5/c1-5-15-6-9-17(10-7-15)22-21(24)14(2)27-20(23)12-16-8-11-18(25-3)13-19(16)26-4/h6-11,13-14H,5,12H2,1-4H3,(H,22,24). The highest BCUT2D eigenvalue weighted by atomic mass is 16.5. The van der Waals surface area contributed by atoms with E-state index in [1.165, 1.54) is 12.7 Å². The third kappa shape index (κ3) is 5.74. The lowest BCUT2D eigenvalue weighted by atomic mass is 10.1. The van der Waals surface area contributed by atoms with E-state index >= 15 is 0 Å². The summed E-state index contributed by atoms with van der Waals surface area (Å²) < 4.78 is 15.7. The number of ether oxygens (including phenoxy) is 3. The maximum atomic E-state index is 12.2. The topological polar surface area (TPSA) is 73.9 Å². The Morgan fingerprint density at radius 2 is 1.74 bits per heavy atom. The molecule has 1 unspecified atom stereocenters. The molecule has 2 aromatic carbocycles. The summed E-state index contributed by atoms with van der Waals surface area (Å²) in [6.45, 7) is 3.60. The van der Waals surface area contributed by atoms with Gasteiger partial charge in [-0.05, 0) is 37.1 Å². The van der Waals surface area contributed by atoms with Gasteiger partial charge in [-0.2, -0.15) is 0 Å². The molecule has 144 valence electrons. The first kappa shape index (κ1) is 20.3. The number of esters is 1. The number of rotatable bonds is 8. The number of anilines is 1. The Morgan fingerprint density at radius 3 is 2.33 bits per heavy atom. The summed E-state index contributed by atoms with van der Waals surface area (Å²) in [7, 11) is 3.07. The number of nitrogens with one attached hydrogen (secondary N) is 1. The SMILES string of the molecule is CCc1ccc(NC(=O)C(C)OC(=O)Cc2ccc(OC)cc2OC)cc1. The molecule has 2 rings (SSSR count). The fraction of sp³-hybridized carbons (Fsp3) is 0.333. The van der Waals surface area contributed by atoms with Gasteiger partial charge in [0.1, 0.15) is 11.5 Å². The summed E-state index contributed by atoms with van der Waals surface area (Å²) in [5.41, 5.74) is 2.50. The number of carbonyl (C=O) groups is 2. The van der Waals surface area contributed by atoms with Crippen LogP contribution in [0.3, 0.4) is 0 Å². The van der Waals surface area contributed by atoms with Crippen molar-refractivity contribution in [3.05, 3.63) is 53.6 Å². The van der Waals surface area contributed by atoms with Gasteiger partial charge in [-0.25, -0.2) is 0 Å². The molecule has 27 heavy (non-hydrogen) atoms. The minimum absolute atomic E-state index is 0.00398. The van der Waals surface area contributed by atoms with E-state index in [9.17, 15) is 9.59 Å². The van der Waals surface area contributed by atoms with Gasteiger partial charge in [-0.3, -0.25) is 9.59 Å². The van der Waals surface area contributed by atoms with Crippen LogP contribution in [-0.2, 0) is 27.2 Å². The molecule has 0 aliphatic rings. The number of carbonyl (C=O) groups excluding carboxylic acids is 2. The molecule has 0 aliphatic heterocycles. The van der Waals surface area contributed by atoms with Gasteiger partial charge in [0.2, 0.25) is 0 Å². The summed E-state index contributed by atoms with van der Waals surface area (Å²) >= 11 is 0. The van der Waals surface area contributed by atoms with Crippen LogP contribution in [0.15, 0.2) is 42.5 Å². The van der Waals surface area contributed by atoms with Crippen molar-refractivity contribution in [2.75, 3.05) is 19.5 Å². The average molecular weight is 371 g/mol. The Hall–Kier alpha value is -3.02. The van der Waals surface area contributed by atoms with E-state index in [4.69, 9.17) is 14.2 Å². The van der Waals surface area contributed by atoms with Crippen LogP contribution in [0.4, 0.5) is 5.69 Å².